The monoisotopic (exact) mass is 918 g/mol. The molecule has 0 bridgehead atoms. The van der Waals surface area contributed by atoms with E-state index in [0.29, 0.717) is 5.56 Å². The molecule has 7 heteroatoms. The molecule has 0 saturated heterocycles. The Kier molecular flexibility index (Phi) is 8.28. The van der Waals surface area contributed by atoms with Crippen LogP contribution >= 0.6 is 22.7 Å². The first kappa shape index (κ1) is 41.8. The first-order chi connectivity index (χ1) is 32.2. The quantitative estimate of drug-likeness (QED) is 0.154. The SMILES string of the molecule is CC(C)(C)c1cc2c3c(c1)-n1c4ccc(C(C)(C)C)cc4c4cc(C(C)(C)C)cc(c41)N3c1cc(C#N)cc3c1B2c1sc2ccc(C(C)(C)C)cc2c1N3c1cccc2sc3ccccc3c12. The number of thiophene rings is 2. The van der Waals surface area contributed by atoms with Crippen LogP contribution in [-0.2, 0) is 21.7 Å². The molecule has 4 nitrogen and oxygen atoms in total. The molecule has 13 rings (SSSR count). The molecule has 0 spiro atoms. The van der Waals surface area contributed by atoms with Crippen molar-refractivity contribution in [3.63, 3.8) is 0 Å². The molecule has 68 heavy (non-hydrogen) atoms. The van der Waals surface area contributed by atoms with Gasteiger partial charge in [0.1, 0.15) is 0 Å². The smallest absolute Gasteiger partial charge is 0.264 e. The highest BCUT2D eigenvalue weighted by atomic mass is 32.1. The van der Waals surface area contributed by atoms with Gasteiger partial charge in [-0.2, -0.15) is 5.26 Å². The van der Waals surface area contributed by atoms with Gasteiger partial charge < -0.3 is 14.4 Å². The molecule has 6 heterocycles. The number of hydrogen-bond donors (Lipinski definition) is 0. The average molecular weight is 919 g/mol. The van der Waals surface area contributed by atoms with Crippen LogP contribution in [-0.4, -0.2) is 11.3 Å². The molecule has 0 atom stereocenters. The van der Waals surface area contributed by atoms with Gasteiger partial charge in [-0.3, -0.25) is 0 Å². The predicted molar refractivity (Wildman–Crippen MR) is 296 cm³/mol. The molecule has 0 fully saturated rings. The van der Waals surface area contributed by atoms with E-state index in [1.807, 2.05) is 22.7 Å². The Balaban J connectivity index is 1.24. The number of hydrogen-bond acceptors (Lipinski definition) is 5. The average Bonchev–Trinajstić information content (AvgIpc) is 3.97. The largest absolute Gasteiger partial charge is 0.309 e. The number of aromatic nitrogens is 1. The second-order valence-corrected chi connectivity index (χ2v) is 26.0. The standard InChI is InChI=1S/C61H55BN4S2/c1-58(2,3)34-20-22-43-39(26-34)40-28-36(60(7,8)9)30-47-54(40)64(43)48-31-37(61(10,11)12)29-42-56(48)66(47)46-25-33(32-63)24-45-53(46)62(42)57-55(41-27-35(59(4,5)6)21-23-50(41)68-57)65(45)44-17-15-19-51-52(44)38-16-13-14-18-49(38)67-51/h13-31H,1-12H3. The van der Waals surface area contributed by atoms with E-state index < -0.39 is 0 Å². The number of nitriles is 1. The molecule has 3 aliphatic rings. The van der Waals surface area contributed by atoms with Crippen molar-refractivity contribution in [1.29, 1.82) is 5.26 Å². The fourth-order valence-electron chi connectivity index (χ4n) is 11.6. The highest BCUT2D eigenvalue weighted by Gasteiger charge is 2.49. The molecule has 7 aromatic carbocycles. The Labute approximate surface area is 408 Å². The summed E-state index contributed by atoms with van der Waals surface area (Å²) in [5.74, 6) is 0. The molecule has 3 aliphatic heterocycles. The van der Waals surface area contributed by atoms with Crippen LogP contribution in [0.1, 0.15) is 111 Å². The van der Waals surface area contributed by atoms with Crippen LogP contribution in [0.15, 0.2) is 115 Å². The molecule has 0 radical (unpaired) electrons. The molecule has 0 saturated carbocycles. The highest BCUT2D eigenvalue weighted by Crippen LogP contribution is 2.56. The Morgan fingerprint density at radius 2 is 1.06 bits per heavy atom. The number of anilines is 6. The van der Waals surface area contributed by atoms with Crippen LogP contribution < -0.4 is 25.5 Å². The van der Waals surface area contributed by atoms with Gasteiger partial charge in [-0.1, -0.05) is 126 Å². The van der Waals surface area contributed by atoms with Gasteiger partial charge in [-0.25, -0.2) is 0 Å². The van der Waals surface area contributed by atoms with Crippen molar-refractivity contribution in [2.75, 3.05) is 9.80 Å². The zero-order valence-electron chi connectivity index (χ0n) is 41.2. The second-order valence-electron chi connectivity index (χ2n) is 23.8. The molecule has 10 aromatic rings. The van der Waals surface area contributed by atoms with Crippen LogP contribution in [0.5, 0.6) is 0 Å². The number of rotatable bonds is 1. The van der Waals surface area contributed by atoms with Crippen molar-refractivity contribution in [3.05, 3.63) is 143 Å². The van der Waals surface area contributed by atoms with Gasteiger partial charge in [0.2, 0.25) is 0 Å². The van der Waals surface area contributed by atoms with Gasteiger partial charge in [0.05, 0.1) is 51.1 Å². The van der Waals surface area contributed by atoms with E-state index in [2.05, 4.69) is 219 Å². The van der Waals surface area contributed by atoms with E-state index in [-0.39, 0.29) is 28.4 Å². The molecule has 0 aliphatic carbocycles. The van der Waals surface area contributed by atoms with Crippen molar-refractivity contribution < 1.29 is 0 Å². The summed E-state index contributed by atoms with van der Waals surface area (Å²) < 4.78 is 7.77. The Bertz CT molecular complexity index is 3940. The molecule has 0 unspecified atom stereocenters. The van der Waals surface area contributed by atoms with E-state index in [4.69, 9.17) is 0 Å². The second kappa shape index (κ2) is 13.5. The first-order valence-electron chi connectivity index (χ1n) is 24.2. The van der Waals surface area contributed by atoms with Crippen LogP contribution in [0.3, 0.4) is 0 Å². The summed E-state index contributed by atoms with van der Waals surface area (Å²) >= 11 is 3.81. The van der Waals surface area contributed by atoms with Crippen molar-refractivity contribution in [3.8, 4) is 11.8 Å². The maximum atomic E-state index is 11.2. The lowest BCUT2D eigenvalue weighted by Gasteiger charge is -2.46. The minimum atomic E-state index is -0.136. The molecule has 3 aromatic heterocycles. The fourth-order valence-corrected chi connectivity index (χ4v) is 14.0. The number of fused-ring (bicyclic) bond motifs is 14. The van der Waals surface area contributed by atoms with Crippen LogP contribution in [0.2, 0.25) is 0 Å². The molecule has 0 N–H and O–H groups in total. The highest BCUT2D eigenvalue weighted by molar-refractivity contribution is 7.33. The van der Waals surface area contributed by atoms with Gasteiger partial charge in [-0.15, -0.1) is 22.7 Å². The normalized spacial score (nSPS) is 14.4. The summed E-state index contributed by atoms with van der Waals surface area (Å²) in [5, 5.41) is 17.6. The summed E-state index contributed by atoms with van der Waals surface area (Å²) in [7, 11) is 0. The minimum absolute atomic E-state index is 0.0146. The predicted octanol–water partition coefficient (Wildman–Crippen LogP) is 15.8. The minimum Gasteiger partial charge on any atom is -0.309 e. The zero-order chi connectivity index (χ0) is 47.3. The van der Waals surface area contributed by atoms with Gasteiger partial charge in [0.25, 0.3) is 6.71 Å². The summed E-state index contributed by atoms with van der Waals surface area (Å²) in [6.45, 7) is 27.9. The number of benzene rings is 7. The zero-order valence-corrected chi connectivity index (χ0v) is 42.8. The number of nitrogens with zero attached hydrogens (tertiary/aromatic N) is 4. The van der Waals surface area contributed by atoms with Gasteiger partial charge >= 0.3 is 0 Å². The van der Waals surface area contributed by atoms with Gasteiger partial charge in [0.15, 0.2) is 0 Å². The van der Waals surface area contributed by atoms with E-state index in [0.717, 1.165) is 17.1 Å². The fraction of sp³-hybridized carbons (Fsp3) is 0.262. The van der Waals surface area contributed by atoms with Crippen LogP contribution in [0, 0.1) is 11.3 Å². The van der Waals surface area contributed by atoms with Crippen molar-refractivity contribution >= 4 is 131 Å². The van der Waals surface area contributed by atoms with Gasteiger partial charge in [0, 0.05) is 57.2 Å². The van der Waals surface area contributed by atoms with Crippen molar-refractivity contribution in [1.82, 2.24) is 4.57 Å². The Morgan fingerprint density at radius 3 is 1.75 bits per heavy atom. The molecular formula is C61H55BN4S2. The van der Waals surface area contributed by atoms with E-state index in [1.54, 1.807) is 0 Å². The lowest BCUT2D eigenvalue weighted by Crippen LogP contribution is -2.61. The molecule has 334 valence electrons. The Hall–Kier alpha value is -6.33. The first-order valence-corrected chi connectivity index (χ1v) is 25.8. The lowest BCUT2D eigenvalue weighted by molar-refractivity contribution is 0.590. The maximum Gasteiger partial charge on any atom is 0.264 e. The topological polar surface area (TPSA) is 35.2 Å². The van der Waals surface area contributed by atoms with E-state index >= 15 is 0 Å². The lowest BCUT2D eigenvalue weighted by atomic mass is 9.35. The summed E-state index contributed by atoms with van der Waals surface area (Å²) in [4.78, 5) is 5.16. The third kappa shape index (κ3) is 5.65. The van der Waals surface area contributed by atoms with Crippen LogP contribution in [0.25, 0.3) is 57.8 Å². The third-order valence-electron chi connectivity index (χ3n) is 15.3. The molecule has 0 amide bonds. The third-order valence-corrected chi connectivity index (χ3v) is 17.6. The summed E-state index contributed by atoms with van der Waals surface area (Å²) in [5.41, 5.74) is 18.8. The maximum absolute atomic E-state index is 11.2. The summed E-state index contributed by atoms with van der Waals surface area (Å²) in [6.07, 6.45) is 0. The van der Waals surface area contributed by atoms with Crippen molar-refractivity contribution in [2.24, 2.45) is 0 Å². The van der Waals surface area contributed by atoms with Gasteiger partial charge in [-0.05, 0) is 128 Å². The molecular weight excluding hydrogens is 864 g/mol. The van der Waals surface area contributed by atoms with E-state index in [9.17, 15) is 5.26 Å². The van der Waals surface area contributed by atoms with Crippen molar-refractivity contribution in [2.45, 2.75) is 105 Å². The van der Waals surface area contributed by atoms with Crippen LogP contribution in [0.4, 0.5) is 34.1 Å². The summed E-state index contributed by atoms with van der Waals surface area (Å²) in [6, 6.07) is 47.2. The Morgan fingerprint density at radius 1 is 0.471 bits per heavy atom. The van der Waals surface area contributed by atoms with E-state index in [1.165, 1.54) is 113 Å².